The number of esters is 1. The second-order valence-electron chi connectivity index (χ2n) is 13.9. The number of carbonyl (C=O) groups is 3. The molecule has 3 fully saturated rings. The molecule has 1 unspecified atom stereocenters. The van der Waals surface area contributed by atoms with Crippen molar-refractivity contribution in [1.29, 1.82) is 0 Å². The van der Waals surface area contributed by atoms with Gasteiger partial charge in [0.25, 0.3) is 0 Å². The van der Waals surface area contributed by atoms with Crippen LogP contribution in [0, 0.1) is 34.5 Å². The van der Waals surface area contributed by atoms with Crippen molar-refractivity contribution in [2.24, 2.45) is 34.5 Å². The summed E-state index contributed by atoms with van der Waals surface area (Å²) in [5, 5.41) is 23.2. The highest BCUT2D eigenvalue weighted by Crippen LogP contribution is 2.66. The minimum Gasteiger partial charge on any atom is -0.454 e. The number of allylic oxidation sites excluding steroid dienone is 1. The highest BCUT2D eigenvalue weighted by molar-refractivity contribution is 5.94. The van der Waals surface area contributed by atoms with Crippen molar-refractivity contribution in [1.82, 2.24) is 5.06 Å². The van der Waals surface area contributed by atoms with Crippen LogP contribution in [-0.2, 0) is 19.1 Å². The Labute approximate surface area is 220 Å². The van der Waals surface area contributed by atoms with Crippen LogP contribution >= 0.6 is 0 Å². The molecule has 5 aliphatic rings. The lowest BCUT2D eigenvalue weighted by Gasteiger charge is -2.59. The van der Waals surface area contributed by atoms with Gasteiger partial charge in [-0.15, -0.1) is 0 Å². The molecule has 0 spiro atoms. The number of ketones is 2. The molecule has 1 aliphatic heterocycles. The minimum absolute atomic E-state index is 0.0774. The van der Waals surface area contributed by atoms with E-state index in [4.69, 9.17) is 4.74 Å². The number of hydrogen-bond donors (Lipinski definition) is 2. The molecule has 3 saturated carbocycles. The fourth-order valence-electron chi connectivity index (χ4n) is 9.27. The zero-order valence-corrected chi connectivity index (χ0v) is 23.2. The van der Waals surface area contributed by atoms with Crippen LogP contribution in [-0.4, -0.2) is 56.7 Å². The molecule has 0 aromatic carbocycles. The molecule has 4 aliphatic carbocycles. The van der Waals surface area contributed by atoms with Gasteiger partial charge >= 0.3 is 5.97 Å². The number of carbonyl (C=O) groups excluding carboxylic acids is 3. The average Bonchev–Trinajstić information content (AvgIpc) is 3.24. The van der Waals surface area contributed by atoms with Gasteiger partial charge in [-0.05, 0) is 101 Å². The van der Waals surface area contributed by atoms with E-state index in [1.165, 1.54) is 5.57 Å². The van der Waals surface area contributed by atoms with Crippen molar-refractivity contribution in [3.63, 3.8) is 0 Å². The van der Waals surface area contributed by atoms with E-state index in [9.17, 15) is 24.7 Å². The summed E-state index contributed by atoms with van der Waals surface area (Å²) in [6, 6.07) is 0. The molecule has 7 atom stereocenters. The van der Waals surface area contributed by atoms with Gasteiger partial charge in [-0.1, -0.05) is 25.5 Å². The summed E-state index contributed by atoms with van der Waals surface area (Å²) < 4.78 is 5.54. The highest BCUT2D eigenvalue weighted by atomic mass is 16.5. The largest absolute Gasteiger partial charge is 0.454 e. The summed E-state index contributed by atoms with van der Waals surface area (Å²) in [5.74, 6) is 0.0772. The number of hydroxylamine groups is 2. The van der Waals surface area contributed by atoms with Crippen LogP contribution in [0.3, 0.4) is 0 Å². The molecule has 0 amide bonds. The van der Waals surface area contributed by atoms with Gasteiger partial charge < -0.3 is 15.1 Å². The Balaban J connectivity index is 1.30. The van der Waals surface area contributed by atoms with Crippen LogP contribution in [0.15, 0.2) is 23.3 Å². The van der Waals surface area contributed by atoms with E-state index < -0.39 is 23.2 Å². The normalized spacial score (nSPS) is 42.3. The standard InChI is InChI=1S/C30H43NO6/c1-27(2)14-22(28(3,4)31(27)36)26(35)37-16-24(34)21-10-9-20-19-8-7-17-13-18(32)11-12-29(17,5)25(19)23(33)15-30(20,21)6/h13-14,19-21,23,25,33,36H,7-12,15-16H2,1-6H3/t19-,20-,21+,23-,25?,29-,30-/m0/s1. The highest BCUT2D eigenvalue weighted by Gasteiger charge is 2.63. The van der Waals surface area contributed by atoms with E-state index >= 15 is 0 Å². The molecule has 0 bridgehead atoms. The number of ether oxygens (including phenoxy) is 1. The van der Waals surface area contributed by atoms with Crippen molar-refractivity contribution in [2.75, 3.05) is 6.61 Å². The average molecular weight is 514 g/mol. The Morgan fingerprint density at radius 3 is 2.43 bits per heavy atom. The van der Waals surface area contributed by atoms with Crippen molar-refractivity contribution >= 4 is 17.5 Å². The molecule has 0 saturated heterocycles. The fourth-order valence-corrected chi connectivity index (χ4v) is 9.27. The van der Waals surface area contributed by atoms with Crippen LogP contribution < -0.4 is 0 Å². The molecule has 1 heterocycles. The second-order valence-corrected chi connectivity index (χ2v) is 13.9. The third kappa shape index (κ3) is 3.90. The second kappa shape index (κ2) is 8.59. The number of nitrogens with zero attached hydrogens (tertiary/aromatic N) is 1. The fraction of sp³-hybridized carbons (Fsp3) is 0.767. The quantitative estimate of drug-likeness (QED) is 0.537. The number of aliphatic hydroxyl groups is 1. The SMILES string of the molecule is CC1(C)C=C(C(=O)OCC(=O)[C@H]2CC[C@H]3[C@@H]4CCC5=CC(=O)CC[C@]5(C)C4[C@@H](O)C[C@]23C)C(C)(C)N1O. The van der Waals surface area contributed by atoms with Gasteiger partial charge in [0, 0.05) is 12.3 Å². The Morgan fingerprint density at radius 2 is 1.78 bits per heavy atom. The molecule has 0 radical (unpaired) electrons. The Morgan fingerprint density at radius 1 is 1.08 bits per heavy atom. The lowest BCUT2D eigenvalue weighted by atomic mass is 9.46. The first-order valence-electron chi connectivity index (χ1n) is 14.0. The number of aliphatic hydroxyl groups excluding tert-OH is 1. The Bertz CT molecular complexity index is 1090. The lowest BCUT2D eigenvalue weighted by Crippen LogP contribution is -2.57. The zero-order valence-electron chi connectivity index (χ0n) is 23.2. The predicted octanol–water partition coefficient (Wildman–Crippen LogP) is 4.41. The maximum absolute atomic E-state index is 13.5. The van der Waals surface area contributed by atoms with Crippen LogP contribution in [0.1, 0.15) is 86.5 Å². The van der Waals surface area contributed by atoms with Gasteiger partial charge in [0.15, 0.2) is 18.2 Å². The maximum atomic E-state index is 13.5. The summed E-state index contributed by atoms with van der Waals surface area (Å²) in [6.45, 7) is 11.2. The monoisotopic (exact) mass is 513 g/mol. The minimum atomic E-state index is -0.912. The van der Waals surface area contributed by atoms with E-state index in [0.717, 1.165) is 37.2 Å². The first-order valence-corrected chi connectivity index (χ1v) is 14.0. The van der Waals surface area contributed by atoms with E-state index in [1.54, 1.807) is 19.9 Å². The molecule has 37 heavy (non-hydrogen) atoms. The van der Waals surface area contributed by atoms with E-state index in [-0.39, 0.29) is 40.8 Å². The smallest absolute Gasteiger partial charge is 0.336 e. The van der Waals surface area contributed by atoms with E-state index in [1.807, 2.05) is 19.9 Å². The number of fused-ring (bicyclic) bond motifs is 5. The first kappa shape index (κ1) is 26.8. The predicted molar refractivity (Wildman–Crippen MR) is 137 cm³/mol. The van der Waals surface area contributed by atoms with E-state index in [2.05, 4.69) is 13.8 Å². The molecular weight excluding hydrogens is 470 g/mol. The van der Waals surface area contributed by atoms with Crippen LogP contribution in [0.4, 0.5) is 0 Å². The number of rotatable bonds is 4. The lowest BCUT2D eigenvalue weighted by molar-refractivity contribution is -0.187. The first-order chi connectivity index (χ1) is 17.1. The van der Waals surface area contributed by atoms with Crippen molar-refractivity contribution in [3.05, 3.63) is 23.3 Å². The van der Waals surface area contributed by atoms with Crippen molar-refractivity contribution in [3.8, 4) is 0 Å². The topological polar surface area (TPSA) is 104 Å². The van der Waals surface area contributed by atoms with Crippen molar-refractivity contribution in [2.45, 2.75) is 104 Å². The number of hydrogen-bond acceptors (Lipinski definition) is 7. The molecule has 2 N–H and O–H groups in total. The summed E-state index contributed by atoms with van der Waals surface area (Å²) in [4.78, 5) is 38.5. The molecule has 0 aromatic heterocycles. The Hall–Kier alpha value is -1.83. The van der Waals surface area contributed by atoms with Gasteiger partial charge in [0.1, 0.15) is 0 Å². The zero-order chi connectivity index (χ0) is 27.1. The summed E-state index contributed by atoms with van der Waals surface area (Å²) >= 11 is 0. The molecular formula is C30H43NO6. The van der Waals surface area contributed by atoms with Crippen LogP contribution in [0.2, 0.25) is 0 Å². The van der Waals surface area contributed by atoms with Gasteiger partial charge in [0.2, 0.25) is 0 Å². The third-order valence-electron chi connectivity index (χ3n) is 11.1. The molecule has 5 rings (SSSR count). The van der Waals surface area contributed by atoms with Crippen LogP contribution in [0.25, 0.3) is 0 Å². The molecule has 7 nitrogen and oxygen atoms in total. The third-order valence-corrected chi connectivity index (χ3v) is 11.1. The number of Topliss-reactive ketones (excluding diaryl/α,β-unsaturated/α-hetero) is 1. The maximum Gasteiger partial charge on any atom is 0.336 e. The van der Waals surface area contributed by atoms with Gasteiger partial charge in [-0.2, -0.15) is 5.06 Å². The van der Waals surface area contributed by atoms with Crippen molar-refractivity contribution < 1.29 is 29.4 Å². The van der Waals surface area contributed by atoms with Crippen LogP contribution in [0.5, 0.6) is 0 Å². The van der Waals surface area contributed by atoms with Gasteiger partial charge in [-0.3, -0.25) is 9.59 Å². The molecule has 0 aromatic rings. The summed E-state index contributed by atoms with van der Waals surface area (Å²) in [6.07, 6.45) is 8.45. The van der Waals surface area contributed by atoms with Gasteiger partial charge in [0.05, 0.1) is 22.8 Å². The molecule has 7 heteroatoms. The summed E-state index contributed by atoms with van der Waals surface area (Å²) in [5.41, 5.74) is -0.540. The summed E-state index contributed by atoms with van der Waals surface area (Å²) in [7, 11) is 0. The Kier molecular flexibility index (Phi) is 6.21. The van der Waals surface area contributed by atoms with E-state index in [0.29, 0.717) is 30.3 Å². The molecule has 204 valence electrons. The van der Waals surface area contributed by atoms with Gasteiger partial charge in [-0.25, -0.2) is 4.79 Å².